The van der Waals surface area contributed by atoms with E-state index in [0.29, 0.717) is 31.1 Å². The highest BCUT2D eigenvalue weighted by Crippen LogP contribution is 2.22. The average Bonchev–Trinajstić information content (AvgIpc) is 3.11. The maximum atomic E-state index is 12.9. The number of imidazole rings is 1. The van der Waals surface area contributed by atoms with Crippen LogP contribution in [0.1, 0.15) is 26.7 Å². The third kappa shape index (κ3) is 3.39. The summed E-state index contributed by atoms with van der Waals surface area (Å²) >= 11 is 0. The summed E-state index contributed by atoms with van der Waals surface area (Å²) < 4.78 is 4.76. The van der Waals surface area contributed by atoms with Crippen LogP contribution in [0.25, 0.3) is 11.2 Å². The minimum absolute atomic E-state index is 0.111. The lowest BCUT2D eigenvalue weighted by Crippen LogP contribution is -2.48. The highest BCUT2D eigenvalue weighted by atomic mass is 16.2. The van der Waals surface area contributed by atoms with Crippen LogP contribution in [0.2, 0.25) is 0 Å². The molecule has 3 aromatic rings. The molecule has 0 aliphatic carbocycles. The standard InChI is InChI=1S/C19H26N8O2/c1-4-25-10-14(18(28)27(5-2)19(25)29)26-8-6-7-13(9-26)23-16-15-17(21-11-20-16)24(3)12-22-15/h10-13H,4-9H2,1-3H3,(H,20,21,23). The smallest absolute Gasteiger partial charge is 0.331 e. The molecular weight excluding hydrogens is 372 g/mol. The van der Waals surface area contributed by atoms with Gasteiger partial charge in [0.05, 0.1) is 6.33 Å². The van der Waals surface area contributed by atoms with Crippen LogP contribution in [-0.4, -0.2) is 47.8 Å². The lowest BCUT2D eigenvalue weighted by atomic mass is 10.1. The largest absolute Gasteiger partial charge is 0.364 e. The Hall–Kier alpha value is -3.17. The van der Waals surface area contributed by atoms with Gasteiger partial charge < -0.3 is 14.8 Å². The molecule has 1 aliphatic heterocycles. The monoisotopic (exact) mass is 398 g/mol. The molecule has 0 amide bonds. The van der Waals surface area contributed by atoms with Crippen LogP contribution in [0, 0.1) is 0 Å². The van der Waals surface area contributed by atoms with Gasteiger partial charge in [-0.2, -0.15) is 0 Å². The number of fused-ring (bicyclic) bond motifs is 1. The number of rotatable bonds is 5. The molecule has 29 heavy (non-hydrogen) atoms. The van der Waals surface area contributed by atoms with Gasteiger partial charge in [0, 0.05) is 45.5 Å². The molecule has 3 aromatic heterocycles. The van der Waals surface area contributed by atoms with Gasteiger partial charge in [-0.3, -0.25) is 13.9 Å². The van der Waals surface area contributed by atoms with Crippen molar-refractivity contribution < 1.29 is 0 Å². The molecule has 1 saturated heterocycles. The van der Waals surface area contributed by atoms with Crippen LogP contribution in [0.3, 0.4) is 0 Å². The van der Waals surface area contributed by atoms with Crippen LogP contribution >= 0.6 is 0 Å². The van der Waals surface area contributed by atoms with Crippen molar-refractivity contribution in [1.29, 1.82) is 0 Å². The van der Waals surface area contributed by atoms with E-state index < -0.39 is 0 Å². The van der Waals surface area contributed by atoms with Crippen LogP contribution in [0.5, 0.6) is 0 Å². The molecule has 0 saturated carbocycles. The summed E-state index contributed by atoms with van der Waals surface area (Å²) in [7, 11) is 1.90. The highest BCUT2D eigenvalue weighted by Gasteiger charge is 2.24. The van der Waals surface area contributed by atoms with Crippen LogP contribution in [-0.2, 0) is 20.1 Å². The molecule has 0 bridgehead atoms. The van der Waals surface area contributed by atoms with E-state index in [2.05, 4.69) is 25.2 Å². The van der Waals surface area contributed by atoms with Crippen molar-refractivity contribution in [2.45, 2.75) is 45.8 Å². The molecule has 154 valence electrons. The predicted molar refractivity (Wildman–Crippen MR) is 111 cm³/mol. The van der Waals surface area contributed by atoms with Crippen molar-refractivity contribution >= 4 is 22.7 Å². The first-order valence-electron chi connectivity index (χ1n) is 10.0. The van der Waals surface area contributed by atoms with Gasteiger partial charge in [-0.15, -0.1) is 0 Å². The third-order valence-electron chi connectivity index (χ3n) is 5.48. The van der Waals surface area contributed by atoms with E-state index >= 15 is 0 Å². The summed E-state index contributed by atoms with van der Waals surface area (Å²) in [6.07, 6.45) is 6.85. The molecule has 1 atom stereocenters. The Balaban J connectivity index is 1.62. The van der Waals surface area contributed by atoms with Gasteiger partial charge in [0.25, 0.3) is 5.56 Å². The molecule has 0 spiro atoms. The summed E-state index contributed by atoms with van der Waals surface area (Å²) in [4.78, 5) is 40.4. The molecule has 1 fully saturated rings. The van der Waals surface area contributed by atoms with Crippen molar-refractivity contribution in [3.8, 4) is 0 Å². The minimum Gasteiger partial charge on any atom is -0.364 e. The zero-order valence-electron chi connectivity index (χ0n) is 17.0. The van der Waals surface area contributed by atoms with Gasteiger partial charge in [-0.1, -0.05) is 0 Å². The Morgan fingerprint density at radius 1 is 1.17 bits per heavy atom. The normalized spacial score (nSPS) is 17.1. The summed E-state index contributed by atoms with van der Waals surface area (Å²) in [5.74, 6) is 0.701. The molecular formula is C19H26N8O2. The van der Waals surface area contributed by atoms with E-state index in [-0.39, 0.29) is 17.3 Å². The molecule has 4 heterocycles. The van der Waals surface area contributed by atoms with Gasteiger partial charge >= 0.3 is 5.69 Å². The van der Waals surface area contributed by atoms with Crippen LogP contribution in [0.4, 0.5) is 11.5 Å². The maximum absolute atomic E-state index is 12.9. The lowest BCUT2D eigenvalue weighted by molar-refractivity contribution is 0.517. The molecule has 4 rings (SSSR count). The minimum atomic E-state index is -0.256. The number of nitrogens with zero attached hydrogens (tertiary/aromatic N) is 7. The van der Waals surface area contributed by atoms with E-state index in [1.165, 1.54) is 10.9 Å². The third-order valence-corrected chi connectivity index (χ3v) is 5.48. The first-order valence-corrected chi connectivity index (χ1v) is 10.0. The van der Waals surface area contributed by atoms with Crippen LogP contribution < -0.4 is 21.5 Å². The number of nitrogens with one attached hydrogen (secondary N) is 1. The Labute approximate surface area is 167 Å². The first-order chi connectivity index (χ1) is 14.0. The zero-order valence-corrected chi connectivity index (χ0v) is 17.0. The Morgan fingerprint density at radius 2 is 2.00 bits per heavy atom. The van der Waals surface area contributed by atoms with E-state index in [1.54, 1.807) is 17.1 Å². The fraction of sp³-hybridized carbons (Fsp3) is 0.526. The fourth-order valence-corrected chi connectivity index (χ4v) is 3.92. The first kappa shape index (κ1) is 19.2. The number of piperidine rings is 1. The quantitative estimate of drug-likeness (QED) is 0.678. The van der Waals surface area contributed by atoms with Crippen molar-refractivity contribution in [2.75, 3.05) is 23.3 Å². The van der Waals surface area contributed by atoms with E-state index in [4.69, 9.17) is 0 Å². The second kappa shape index (κ2) is 7.69. The van der Waals surface area contributed by atoms with Gasteiger partial charge in [0.1, 0.15) is 17.5 Å². The van der Waals surface area contributed by atoms with Gasteiger partial charge in [-0.25, -0.2) is 19.7 Å². The molecule has 1 N–H and O–H groups in total. The molecule has 10 heteroatoms. The van der Waals surface area contributed by atoms with Gasteiger partial charge in [0.15, 0.2) is 11.5 Å². The summed E-state index contributed by atoms with van der Waals surface area (Å²) in [5.41, 5.74) is 1.60. The number of aromatic nitrogens is 6. The second-order valence-corrected chi connectivity index (χ2v) is 7.31. The number of anilines is 2. The number of hydrogen-bond acceptors (Lipinski definition) is 7. The van der Waals surface area contributed by atoms with Crippen molar-refractivity contribution in [1.82, 2.24) is 28.7 Å². The lowest BCUT2D eigenvalue weighted by Gasteiger charge is -2.34. The molecule has 1 unspecified atom stereocenters. The topological polar surface area (TPSA) is 103 Å². The molecule has 1 aliphatic rings. The zero-order chi connectivity index (χ0) is 20.5. The summed E-state index contributed by atoms with van der Waals surface area (Å²) in [6.45, 7) is 6.05. The van der Waals surface area contributed by atoms with E-state index in [0.717, 1.165) is 30.6 Å². The Morgan fingerprint density at radius 3 is 2.76 bits per heavy atom. The maximum Gasteiger partial charge on any atom is 0.331 e. The summed E-state index contributed by atoms with van der Waals surface area (Å²) in [5, 5.41) is 3.48. The van der Waals surface area contributed by atoms with Crippen LogP contribution in [0.15, 0.2) is 28.4 Å². The molecule has 10 nitrogen and oxygen atoms in total. The average molecular weight is 398 g/mol. The summed E-state index contributed by atoms with van der Waals surface area (Å²) in [6, 6.07) is 0.111. The second-order valence-electron chi connectivity index (χ2n) is 7.31. The fourth-order valence-electron chi connectivity index (χ4n) is 3.92. The van der Waals surface area contributed by atoms with E-state index in [9.17, 15) is 9.59 Å². The number of aryl methyl sites for hydroxylation is 2. The predicted octanol–water partition coefficient (Wildman–Crippen LogP) is 0.807. The van der Waals surface area contributed by atoms with Gasteiger partial charge in [-0.05, 0) is 26.7 Å². The molecule has 0 radical (unpaired) electrons. The van der Waals surface area contributed by atoms with Gasteiger partial charge in [0.2, 0.25) is 0 Å². The van der Waals surface area contributed by atoms with E-state index in [1.807, 2.05) is 25.5 Å². The Kier molecular flexibility index (Phi) is 5.08. The SMILES string of the molecule is CCn1cc(N2CCCC(Nc3ncnc4c3ncn4C)C2)c(=O)n(CC)c1=O. The van der Waals surface area contributed by atoms with Crippen molar-refractivity contribution in [2.24, 2.45) is 7.05 Å². The van der Waals surface area contributed by atoms with Crippen molar-refractivity contribution in [3.63, 3.8) is 0 Å². The molecule has 0 aromatic carbocycles. The van der Waals surface area contributed by atoms with Crippen molar-refractivity contribution in [3.05, 3.63) is 39.7 Å². The Bertz CT molecular complexity index is 1150. The number of hydrogen-bond donors (Lipinski definition) is 1. The highest BCUT2D eigenvalue weighted by molar-refractivity contribution is 5.82.